The van der Waals surface area contributed by atoms with Crippen LogP contribution in [0.5, 0.6) is 5.75 Å². The summed E-state index contributed by atoms with van der Waals surface area (Å²) in [6.07, 6.45) is 2.18. The number of rotatable bonds is 3. The topological polar surface area (TPSA) is 46.0 Å². The van der Waals surface area contributed by atoms with Crippen LogP contribution >= 0.6 is 0 Å². The third kappa shape index (κ3) is 2.70. The van der Waals surface area contributed by atoms with Gasteiger partial charge in [0.2, 0.25) is 0 Å². The van der Waals surface area contributed by atoms with E-state index in [-0.39, 0.29) is 5.82 Å². The van der Waals surface area contributed by atoms with E-state index in [4.69, 9.17) is 4.74 Å². The Kier molecular flexibility index (Phi) is 3.33. The lowest BCUT2D eigenvalue weighted by Gasteiger charge is -2.06. The second kappa shape index (κ2) is 5.50. The zero-order valence-electron chi connectivity index (χ0n) is 12.7. The van der Waals surface area contributed by atoms with Gasteiger partial charge in [0.25, 0.3) is 0 Å². The minimum atomic E-state index is -0.264. The molecule has 1 heterocycles. The minimum Gasteiger partial charge on any atom is -0.497 e. The van der Waals surface area contributed by atoms with E-state index in [1.807, 2.05) is 24.3 Å². The quantitative estimate of drug-likeness (QED) is 0.941. The maximum absolute atomic E-state index is 13.7. The number of methoxy groups -OCH3 is 1. The summed E-state index contributed by atoms with van der Waals surface area (Å²) in [5.41, 5.74) is 6.37. The molecule has 1 saturated carbocycles. The summed E-state index contributed by atoms with van der Waals surface area (Å²) in [7, 11) is 1.63. The number of fused-ring (bicyclic) bond motifs is 1. The van der Waals surface area contributed by atoms with Gasteiger partial charge in [0.1, 0.15) is 11.6 Å². The lowest BCUT2D eigenvalue weighted by atomic mass is 10.0. The Morgan fingerprint density at radius 2 is 1.91 bits per heavy atom. The maximum Gasteiger partial charge on any atom is 0.154 e. The summed E-state index contributed by atoms with van der Waals surface area (Å²) in [5, 5.41) is 4.51. The molecule has 0 saturated heterocycles. The van der Waals surface area contributed by atoms with Crippen LogP contribution in [0, 0.1) is 11.7 Å². The van der Waals surface area contributed by atoms with Gasteiger partial charge in [-0.1, -0.05) is 0 Å². The van der Waals surface area contributed by atoms with E-state index in [0.29, 0.717) is 11.8 Å². The number of benzene rings is 2. The Morgan fingerprint density at radius 3 is 2.61 bits per heavy atom. The molecular weight excluding hydrogens is 293 g/mol. The van der Waals surface area contributed by atoms with Gasteiger partial charge in [0.15, 0.2) is 5.84 Å². The van der Waals surface area contributed by atoms with E-state index in [1.54, 1.807) is 13.2 Å². The molecule has 4 nitrogen and oxygen atoms in total. The lowest BCUT2D eigenvalue weighted by molar-refractivity contribution is 0.415. The maximum atomic E-state index is 13.7. The van der Waals surface area contributed by atoms with E-state index in [2.05, 4.69) is 15.5 Å². The molecule has 0 unspecified atom stereocenters. The van der Waals surface area contributed by atoms with Crippen LogP contribution in [0.4, 0.5) is 10.1 Å². The fourth-order valence-corrected chi connectivity index (χ4v) is 2.68. The van der Waals surface area contributed by atoms with Gasteiger partial charge in [-0.25, -0.2) is 9.38 Å². The van der Waals surface area contributed by atoms with Gasteiger partial charge in [-0.2, -0.15) is 5.10 Å². The number of halogens is 1. The smallest absolute Gasteiger partial charge is 0.154 e. The number of hydrazone groups is 1. The average Bonchev–Trinajstić information content (AvgIpc) is 3.41. The Balaban J connectivity index is 1.78. The molecule has 0 bridgehead atoms. The second-order valence-electron chi connectivity index (χ2n) is 5.73. The van der Waals surface area contributed by atoms with Gasteiger partial charge in [0.05, 0.1) is 18.5 Å². The largest absolute Gasteiger partial charge is 0.497 e. The Bertz CT molecular complexity index is 808. The van der Waals surface area contributed by atoms with Gasteiger partial charge < -0.3 is 4.74 Å². The Labute approximate surface area is 133 Å². The lowest BCUT2D eigenvalue weighted by Crippen LogP contribution is -2.19. The van der Waals surface area contributed by atoms with Crippen molar-refractivity contribution in [1.29, 1.82) is 0 Å². The Hall–Kier alpha value is -2.69. The first-order valence-corrected chi connectivity index (χ1v) is 7.61. The zero-order chi connectivity index (χ0) is 15.8. The van der Waals surface area contributed by atoms with Gasteiger partial charge in [0, 0.05) is 17.0 Å². The van der Waals surface area contributed by atoms with Gasteiger partial charge in [-0.3, -0.25) is 5.43 Å². The molecule has 1 aliphatic carbocycles. The standard InChI is InChI=1S/C18H16FN3O/c1-23-14-7-4-12(5-8-14)18-20-16-9-6-13(19)10-15(16)17(21-22-18)11-2-3-11/h4-11H,2-3H2,1H3,(H,20,22). The summed E-state index contributed by atoms with van der Waals surface area (Å²) in [6.45, 7) is 0. The molecule has 116 valence electrons. The number of hydrogen-bond donors (Lipinski definition) is 1. The van der Waals surface area contributed by atoms with E-state index in [0.717, 1.165) is 41.1 Å². The fourth-order valence-electron chi connectivity index (χ4n) is 2.68. The van der Waals surface area contributed by atoms with E-state index in [9.17, 15) is 4.39 Å². The Morgan fingerprint density at radius 1 is 1.13 bits per heavy atom. The van der Waals surface area contributed by atoms with Crippen molar-refractivity contribution >= 4 is 17.2 Å². The van der Waals surface area contributed by atoms with Crippen molar-refractivity contribution in [1.82, 2.24) is 5.43 Å². The van der Waals surface area contributed by atoms with Crippen LogP contribution in [0.3, 0.4) is 0 Å². The average molecular weight is 309 g/mol. The van der Waals surface area contributed by atoms with Crippen LogP contribution in [0.25, 0.3) is 0 Å². The monoisotopic (exact) mass is 309 g/mol. The first-order chi connectivity index (χ1) is 11.2. The molecular formula is C18H16FN3O. The minimum absolute atomic E-state index is 0.264. The molecule has 2 aromatic rings. The van der Waals surface area contributed by atoms with Crippen molar-refractivity contribution < 1.29 is 9.13 Å². The van der Waals surface area contributed by atoms with E-state index < -0.39 is 0 Å². The molecule has 2 aliphatic rings. The van der Waals surface area contributed by atoms with Crippen LogP contribution in [0.2, 0.25) is 0 Å². The fraction of sp³-hybridized carbons (Fsp3) is 0.222. The molecule has 0 radical (unpaired) electrons. The van der Waals surface area contributed by atoms with Crippen molar-refractivity contribution in [3.63, 3.8) is 0 Å². The number of aliphatic imine (C=N–C) groups is 1. The van der Waals surface area contributed by atoms with E-state index >= 15 is 0 Å². The van der Waals surface area contributed by atoms with Gasteiger partial charge >= 0.3 is 0 Å². The molecule has 0 aromatic heterocycles. The summed E-state index contributed by atoms with van der Waals surface area (Å²) in [6, 6.07) is 12.3. The summed E-state index contributed by atoms with van der Waals surface area (Å²) in [4.78, 5) is 4.65. The van der Waals surface area contributed by atoms with Crippen molar-refractivity contribution in [3.8, 4) is 5.75 Å². The number of amidine groups is 1. The van der Waals surface area contributed by atoms with Gasteiger partial charge in [-0.15, -0.1) is 0 Å². The van der Waals surface area contributed by atoms with Crippen molar-refractivity contribution in [2.45, 2.75) is 12.8 Å². The van der Waals surface area contributed by atoms with Crippen molar-refractivity contribution in [2.75, 3.05) is 7.11 Å². The highest BCUT2D eigenvalue weighted by Crippen LogP contribution is 2.37. The predicted octanol–water partition coefficient (Wildman–Crippen LogP) is 3.63. The SMILES string of the molecule is COc1ccc(C2=Nc3ccc(F)cc3C(C3CC3)=NN2)cc1. The van der Waals surface area contributed by atoms with Crippen LogP contribution in [0.1, 0.15) is 24.0 Å². The summed E-state index contributed by atoms with van der Waals surface area (Å²) < 4.78 is 18.8. The third-order valence-corrected chi connectivity index (χ3v) is 4.08. The molecule has 0 spiro atoms. The second-order valence-corrected chi connectivity index (χ2v) is 5.73. The number of hydrogen-bond acceptors (Lipinski definition) is 4. The number of nitrogens with one attached hydrogen (secondary N) is 1. The highest BCUT2D eigenvalue weighted by molar-refractivity contribution is 6.11. The summed E-state index contributed by atoms with van der Waals surface area (Å²) >= 11 is 0. The molecule has 5 heteroatoms. The van der Waals surface area contributed by atoms with Crippen LogP contribution in [0.15, 0.2) is 52.6 Å². The highest BCUT2D eigenvalue weighted by Gasteiger charge is 2.31. The van der Waals surface area contributed by atoms with Crippen molar-refractivity contribution in [2.24, 2.45) is 16.0 Å². The van der Waals surface area contributed by atoms with Gasteiger partial charge in [-0.05, 0) is 55.3 Å². The normalized spacial score (nSPS) is 16.6. The molecule has 0 atom stereocenters. The van der Waals surface area contributed by atoms with E-state index in [1.165, 1.54) is 12.1 Å². The highest BCUT2D eigenvalue weighted by atomic mass is 19.1. The van der Waals surface area contributed by atoms with Crippen LogP contribution in [-0.2, 0) is 0 Å². The molecule has 1 fully saturated rings. The molecule has 2 aromatic carbocycles. The molecule has 4 rings (SSSR count). The molecule has 0 amide bonds. The number of nitrogens with zero attached hydrogens (tertiary/aromatic N) is 2. The van der Waals surface area contributed by atoms with Crippen molar-refractivity contribution in [3.05, 3.63) is 59.4 Å². The summed E-state index contributed by atoms with van der Waals surface area (Å²) in [5.74, 6) is 1.57. The van der Waals surface area contributed by atoms with Crippen LogP contribution < -0.4 is 10.2 Å². The predicted molar refractivity (Wildman–Crippen MR) is 88.0 cm³/mol. The molecule has 1 aliphatic heterocycles. The zero-order valence-corrected chi connectivity index (χ0v) is 12.7. The molecule has 1 N–H and O–H groups in total. The number of ether oxygens (including phenoxy) is 1. The molecule has 23 heavy (non-hydrogen) atoms. The van der Waals surface area contributed by atoms with Crippen LogP contribution in [-0.4, -0.2) is 18.7 Å². The first kappa shape index (κ1) is 13.9. The first-order valence-electron chi connectivity index (χ1n) is 7.61. The third-order valence-electron chi connectivity index (χ3n) is 4.08.